The number of benzene rings is 1. The average molecular weight is 580 g/mol. The number of nitrogens with two attached hydrogens (primary N) is 1. The highest BCUT2D eigenvalue weighted by molar-refractivity contribution is 6.04. The summed E-state index contributed by atoms with van der Waals surface area (Å²) in [7, 11) is 0. The molecule has 1 aromatic carbocycles. The molecular formula is C31H33N9O3. The molecule has 0 atom stereocenters. The van der Waals surface area contributed by atoms with Crippen molar-refractivity contribution in [1.29, 1.82) is 0 Å². The third-order valence-corrected chi connectivity index (χ3v) is 7.83. The highest BCUT2D eigenvalue weighted by atomic mass is 16.3. The Morgan fingerprint density at radius 3 is 2.44 bits per heavy atom. The number of aliphatic hydroxyl groups excluding tert-OH is 1. The molecule has 4 N–H and O–H groups in total. The lowest BCUT2D eigenvalue weighted by atomic mass is 9.93. The molecule has 12 nitrogen and oxygen atoms in total. The van der Waals surface area contributed by atoms with E-state index in [9.17, 15) is 14.7 Å². The van der Waals surface area contributed by atoms with E-state index in [0.29, 0.717) is 52.6 Å². The molecule has 4 aromatic heterocycles. The van der Waals surface area contributed by atoms with Crippen LogP contribution in [0.5, 0.6) is 0 Å². The Bertz CT molecular complexity index is 1850. The number of nitrogen functional groups attached to an aromatic ring is 1. The van der Waals surface area contributed by atoms with E-state index in [1.807, 2.05) is 43.7 Å². The molecule has 0 saturated heterocycles. The zero-order chi connectivity index (χ0) is 30.2. The van der Waals surface area contributed by atoms with Gasteiger partial charge >= 0.3 is 0 Å². The molecule has 12 heteroatoms. The van der Waals surface area contributed by atoms with E-state index in [4.69, 9.17) is 10.8 Å². The van der Waals surface area contributed by atoms with Crippen molar-refractivity contribution in [1.82, 2.24) is 34.5 Å². The van der Waals surface area contributed by atoms with Gasteiger partial charge in [0.1, 0.15) is 23.4 Å². The molecule has 4 heterocycles. The van der Waals surface area contributed by atoms with Crippen molar-refractivity contribution in [2.24, 2.45) is 0 Å². The van der Waals surface area contributed by atoms with Crippen LogP contribution in [0.3, 0.4) is 0 Å². The fourth-order valence-electron chi connectivity index (χ4n) is 5.36. The van der Waals surface area contributed by atoms with Crippen LogP contribution in [0.4, 0.5) is 11.5 Å². The van der Waals surface area contributed by atoms with E-state index in [2.05, 4.69) is 25.4 Å². The normalized spacial score (nSPS) is 17.0. The van der Waals surface area contributed by atoms with Gasteiger partial charge in [0.15, 0.2) is 11.5 Å². The van der Waals surface area contributed by atoms with E-state index in [1.165, 1.54) is 17.1 Å². The number of anilines is 2. The van der Waals surface area contributed by atoms with Crippen molar-refractivity contribution >= 4 is 28.4 Å². The van der Waals surface area contributed by atoms with Gasteiger partial charge in [0, 0.05) is 17.4 Å². The lowest BCUT2D eigenvalue weighted by molar-refractivity contribution is 0.102. The van der Waals surface area contributed by atoms with Gasteiger partial charge in [-0.05, 0) is 68.4 Å². The Balaban J connectivity index is 1.30. The van der Waals surface area contributed by atoms with Crippen LogP contribution in [0.1, 0.15) is 73.1 Å². The minimum atomic E-state index is -0.558. The van der Waals surface area contributed by atoms with Crippen molar-refractivity contribution in [3.63, 3.8) is 0 Å². The molecule has 220 valence electrons. The van der Waals surface area contributed by atoms with Gasteiger partial charge in [-0.15, -0.1) is 0 Å². The first kappa shape index (κ1) is 28.2. The Labute approximate surface area is 247 Å². The smallest absolute Gasteiger partial charge is 0.285 e. The van der Waals surface area contributed by atoms with E-state index < -0.39 is 11.5 Å². The number of aryl methyl sites for hydroxylation is 1. The highest BCUT2D eigenvalue weighted by Crippen LogP contribution is 2.36. The van der Waals surface area contributed by atoms with Crippen LogP contribution >= 0.6 is 0 Å². The fraction of sp³-hybridized carbons (Fsp3) is 0.323. The fourth-order valence-corrected chi connectivity index (χ4v) is 5.36. The minimum absolute atomic E-state index is 0.0205. The molecule has 1 aliphatic rings. The van der Waals surface area contributed by atoms with Crippen LogP contribution in [0.25, 0.3) is 28.1 Å². The topological polar surface area (TPSA) is 167 Å². The van der Waals surface area contributed by atoms with Crippen LogP contribution in [-0.4, -0.2) is 51.6 Å². The van der Waals surface area contributed by atoms with E-state index in [1.54, 1.807) is 24.4 Å². The summed E-state index contributed by atoms with van der Waals surface area (Å²) in [6.45, 7) is 5.79. The van der Waals surface area contributed by atoms with E-state index in [-0.39, 0.29) is 23.6 Å². The van der Waals surface area contributed by atoms with Gasteiger partial charge in [-0.2, -0.15) is 14.9 Å². The summed E-state index contributed by atoms with van der Waals surface area (Å²) in [5.41, 5.74) is 9.81. The summed E-state index contributed by atoms with van der Waals surface area (Å²) in [4.78, 5) is 39.7. The maximum Gasteiger partial charge on any atom is 0.285 e. The number of fused-ring (bicyclic) bond motifs is 1. The van der Waals surface area contributed by atoms with Crippen molar-refractivity contribution in [2.45, 2.75) is 64.5 Å². The molecular weight excluding hydrogens is 546 g/mol. The summed E-state index contributed by atoms with van der Waals surface area (Å²) >= 11 is 0. The molecule has 6 rings (SSSR count). The van der Waals surface area contributed by atoms with Crippen LogP contribution < -0.4 is 16.6 Å². The molecule has 1 amide bonds. The molecule has 0 spiro atoms. The number of aliphatic hydroxyl groups is 1. The maximum atomic E-state index is 13.4. The summed E-state index contributed by atoms with van der Waals surface area (Å²) in [6.07, 6.45) is 5.80. The predicted octanol–water partition coefficient (Wildman–Crippen LogP) is 4.18. The molecule has 1 aliphatic carbocycles. The third kappa shape index (κ3) is 5.48. The molecule has 43 heavy (non-hydrogen) atoms. The van der Waals surface area contributed by atoms with E-state index in [0.717, 1.165) is 24.0 Å². The number of amides is 1. The standard InChI is InChI=1S/C31H33N9O3/c1-17(2)24-14-23(31(43)40(37-24)25-13-4-18(3)15-33-25)30(42)36-20-7-5-19(6-8-20)27-26-28(32)34-16-35-29(26)39(38-27)21-9-11-22(41)12-10-21/h4-8,13-17,21-22,41H,9-12H2,1-3H3,(H,36,42)(H2,32,34,35)/t21-,22+. The summed E-state index contributed by atoms with van der Waals surface area (Å²) in [5, 5.41) is 22.8. The van der Waals surface area contributed by atoms with Crippen molar-refractivity contribution < 1.29 is 9.90 Å². The average Bonchev–Trinajstić information content (AvgIpc) is 3.39. The van der Waals surface area contributed by atoms with Crippen LogP contribution in [0, 0.1) is 6.92 Å². The number of nitrogens with zero attached hydrogens (tertiary/aromatic N) is 7. The van der Waals surface area contributed by atoms with Gasteiger partial charge in [0.25, 0.3) is 11.5 Å². The Kier molecular flexibility index (Phi) is 7.45. The largest absolute Gasteiger partial charge is 0.393 e. The Hall–Kier alpha value is -4.97. The molecule has 0 bridgehead atoms. The first-order valence-corrected chi connectivity index (χ1v) is 14.4. The number of rotatable bonds is 6. The second-order valence-corrected chi connectivity index (χ2v) is 11.3. The summed E-state index contributed by atoms with van der Waals surface area (Å²) in [6, 6.07) is 12.3. The van der Waals surface area contributed by atoms with Crippen LogP contribution in [0.2, 0.25) is 0 Å². The molecule has 1 fully saturated rings. The summed E-state index contributed by atoms with van der Waals surface area (Å²) < 4.78 is 3.07. The maximum absolute atomic E-state index is 13.4. The van der Waals surface area contributed by atoms with E-state index >= 15 is 0 Å². The van der Waals surface area contributed by atoms with Gasteiger partial charge < -0.3 is 16.2 Å². The first-order valence-electron chi connectivity index (χ1n) is 14.4. The monoisotopic (exact) mass is 579 g/mol. The van der Waals surface area contributed by atoms with Gasteiger partial charge in [0.05, 0.1) is 23.2 Å². The van der Waals surface area contributed by atoms with Gasteiger partial charge in [-0.3, -0.25) is 9.59 Å². The SMILES string of the molecule is Cc1ccc(-n2nc(C(C)C)cc(C(=O)Nc3ccc(-c4nn([C@H]5CC[C@@H](O)CC5)c5ncnc(N)c45)cc3)c2=O)nc1. The van der Waals surface area contributed by atoms with Gasteiger partial charge in [-0.25, -0.2) is 19.6 Å². The Morgan fingerprint density at radius 2 is 1.77 bits per heavy atom. The Morgan fingerprint density at radius 1 is 1.02 bits per heavy atom. The third-order valence-electron chi connectivity index (χ3n) is 7.83. The van der Waals surface area contributed by atoms with Crippen molar-refractivity contribution in [2.75, 3.05) is 11.1 Å². The molecule has 0 aliphatic heterocycles. The van der Waals surface area contributed by atoms with Crippen molar-refractivity contribution in [3.8, 4) is 17.1 Å². The van der Waals surface area contributed by atoms with Gasteiger partial charge in [-0.1, -0.05) is 32.0 Å². The predicted molar refractivity (Wildman–Crippen MR) is 163 cm³/mol. The van der Waals surface area contributed by atoms with Crippen LogP contribution in [0.15, 0.2) is 59.8 Å². The van der Waals surface area contributed by atoms with Crippen LogP contribution in [-0.2, 0) is 0 Å². The van der Waals surface area contributed by atoms with Gasteiger partial charge in [0.2, 0.25) is 0 Å². The van der Waals surface area contributed by atoms with Crippen molar-refractivity contribution in [3.05, 3.63) is 82.2 Å². The number of nitrogens with one attached hydrogen (secondary N) is 1. The second kappa shape index (κ2) is 11.4. The first-order chi connectivity index (χ1) is 20.7. The number of hydrogen-bond acceptors (Lipinski definition) is 9. The lowest BCUT2D eigenvalue weighted by Gasteiger charge is -2.25. The molecule has 0 unspecified atom stereocenters. The zero-order valence-electron chi connectivity index (χ0n) is 24.2. The number of carbonyl (C=O) groups is 1. The summed E-state index contributed by atoms with van der Waals surface area (Å²) in [5.74, 6) is 0.107. The molecule has 0 radical (unpaired) electrons. The molecule has 1 saturated carbocycles. The number of pyridine rings is 1. The number of aromatic nitrogens is 7. The number of carbonyl (C=O) groups excluding carboxylic acids is 1. The lowest BCUT2D eigenvalue weighted by Crippen LogP contribution is -2.31. The zero-order valence-corrected chi connectivity index (χ0v) is 24.2. The molecule has 5 aromatic rings. The highest BCUT2D eigenvalue weighted by Gasteiger charge is 2.26. The minimum Gasteiger partial charge on any atom is -0.393 e. The number of hydrogen-bond donors (Lipinski definition) is 3. The quantitative estimate of drug-likeness (QED) is 0.267. The second-order valence-electron chi connectivity index (χ2n) is 11.3.